The standard InChI is InChI=1S/C14H11FN2O2S2/c1-2-21(18,19)12-8-17-14(20)10(7-16)13(12)9-5-3-4-6-11(9)15/h3-6,8H,2H2,1H3,(H,17,20). The van der Waals surface area contributed by atoms with Gasteiger partial charge in [-0.3, -0.25) is 0 Å². The third-order valence-corrected chi connectivity index (χ3v) is 5.10. The topological polar surface area (TPSA) is 73.7 Å². The summed E-state index contributed by atoms with van der Waals surface area (Å²) < 4.78 is 38.5. The van der Waals surface area contributed by atoms with E-state index in [2.05, 4.69) is 4.98 Å². The fourth-order valence-corrected chi connectivity index (χ4v) is 3.23. The number of aromatic nitrogens is 1. The van der Waals surface area contributed by atoms with Crippen LogP contribution in [0.1, 0.15) is 12.5 Å². The van der Waals surface area contributed by atoms with Gasteiger partial charge >= 0.3 is 0 Å². The van der Waals surface area contributed by atoms with Gasteiger partial charge in [-0.05, 0) is 6.07 Å². The Morgan fingerprint density at radius 1 is 1.38 bits per heavy atom. The summed E-state index contributed by atoms with van der Waals surface area (Å²) in [6.07, 6.45) is 1.21. The highest BCUT2D eigenvalue weighted by atomic mass is 32.2. The maximum Gasteiger partial charge on any atom is 0.180 e. The molecule has 0 bridgehead atoms. The average Bonchev–Trinajstić information content (AvgIpc) is 2.47. The molecule has 0 aliphatic rings. The van der Waals surface area contributed by atoms with E-state index in [0.717, 1.165) is 0 Å². The Morgan fingerprint density at radius 2 is 2.05 bits per heavy atom. The second kappa shape index (κ2) is 5.76. The van der Waals surface area contributed by atoms with Crippen molar-refractivity contribution in [2.45, 2.75) is 11.8 Å². The molecule has 0 aliphatic carbocycles. The van der Waals surface area contributed by atoms with Crippen LogP contribution in [0.25, 0.3) is 11.1 Å². The first-order valence-corrected chi connectivity index (χ1v) is 8.12. The van der Waals surface area contributed by atoms with Crippen molar-refractivity contribution in [3.8, 4) is 17.2 Å². The van der Waals surface area contributed by atoms with Crippen LogP contribution in [-0.4, -0.2) is 19.2 Å². The summed E-state index contributed by atoms with van der Waals surface area (Å²) in [5.41, 5.74) is 0.00648. The molecule has 0 unspecified atom stereocenters. The molecule has 21 heavy (non-hydrogen) atoms. The summed E-state index contributed by atoms with van der Waals surface area (Å²) in [5, 5.41) is 9.26. The number of halogens is 1. The minimum Gasteiger partial charge on any atom is -0.350 e. The fourth-order valence-electron chi connectivity index (χ4n) is 1.95. The van der Waals surface area contributed by atoms with Gasteiger partial charge in [0.15, 0.2) is 9.84 Å². The highest BCUT2D eigenvalue weighted by Gasteiger charge is 2.23. The molecule has 1 heterocycles. The SMILES string of the molecule is CCS(=O)(=O)c1c[nH]c(=S)c(C#N)c1-c1ccccc1F. The Bertz CT molecular complexity index is 896. The maximum atomic E-state index is 14.0. The van der Waals surface area contributed by atoms with Crippen LogP contribution in [0.4, 0.5) is 4.39 Å². The Balaban J connectivity index is 2.99. The monoisotopic (exact) mass is 322 g/mol. The van der Waals surface area contributed by atoms with Crippen LogP contribution >= 0.6 is 12.2 Å². The fraction of sp³-hybridized carbons (Fsp3) is 0.143. The molecule has 1 N–H and O–H groups in total. The highest BCUT2D eigenvalue weighted by molar-refractivity contribution is 7.91. The number of nitrogens with one attached hydrogen (secondary N) is 1. The van der Waals surface area contributed by atoms with Crippen LogP contribution in [0.2, 0.25) is 0 Å². The second-order valence-electron chi connectivity index (χ2n) is 4.23. The van der Waals surface area contributed by atoms with Crippen molar-refractivity contribution < 1.29 is 12.8 Å². The summed E-state index contributed by atoms with van der Waals surface area (Å²) >= 11 is 5.01. The lowest BCUT2D eigenvalue weighted by molar-refractivity contribution is 0.597. The van der Waals surface area contributed by atoms with E-state index in [-0.39, 0.29) is 32.0 Å². The zero-order valence-electron chi connectivity index (χ0n) is 11.1. The maximum absolute atomic E-state index is 14.0. The first kappa shape index (κ1) is 15.4. The van der Waals surface area contributed by atoms with Gasteiger partial charge in [0.1, 0.15) is 16.5 Å². The molecule has 0 amide bonds. The van der Waals surface area contributed by atoms with E-state index in [1.54, 1.807) is 6.07 Å². The molecule has 2 rings (SSSR count). The van der Waals surface area contributed by atoms with Gasteiger partial charge in [-0.15, -0.1) is 0 Å². The number of nitrogens with zero attached hydrogens (tertiary/aromatic N) is 1. The van der Waals surface area contributed by atoms with Gasteiger partial charge < -0.3 is 4.98 Å². The van der Waals surface area contributed by atoms with Gasteiger partial charge in [0.2, 0.25) is 0 Å². The van der Waals surface area contributed by atoms with E-state index in [9.17, 15) is 18.1 Å². The van der Waals surface area contributed by atoms with E-state index in [1.165, 1.54) is 31.3 Å². The molecule has 108 valence electrons. The van der Waals surface area contributed by atoms with E-state index in [1.807, 2.05) is 6.07 Å². The van der Waals surface area contributed by atoms with Gasteiger partial charge in [0.05, 0.1) is 16.2 Å². The Hall–Kier alpha value is -2.04. The number of rotatable bonds is 3. The zero-order valence-corrected chi connectivity index (χ0v) is 12.7. The molecule has 0 aliphatic heterocycles. The average molecular weight is 322 g/mol. The summed E-state index contributed by atoms with van der Waals surface area (Å²) in [5.74, 6) is -0.772. The van der Waals surface area contributed by atoms with Crippen LogP contribution in [0.3, 0.4) is 0 Å². The van der Waals surface area contributed by atoms with Gasteiger partial charge in [0, 0.05) is 17.3 Å². The van der Waals surface area contributed by atoms with Crippen molar-refractivity contribution in [1.82, 2.24) is 4.98 Å². The number of hydrogen-bond donors (Lipinski definition) is 1. The first-order chi connectivity index (χ1) is 9.92. The highest BCUT2D eigenvalue weighted by Crippen LogP contribution is 2.32. The van der Waals surface area contributed by atoms with Gasteiger partial charge in [-0.2, -0.15) is 5.26 Å². The lowest BCUT2D eigenvalue weighted by atomic mass is 10.0. The number of aromatic amines is 1. The van der Waals surface area contributed by atoms with E-state index < -0.39 is 15.7 Å². The summed E-state index contributed by atoms with van der Waals surface area (Å²) in [4.78, 5) is 2.46. The largest absolute Gasteiger partial charge is 0.350 e. The second-order valence-corrected chi connectivity index (χ2v) is 6.88. The quantitative estimate of drug-likeness (QED) is 0.881. The van der Waals surface area contributed by atoms with Crippen molar-refractivity contribution in [2.75, 3.05) is 5.75 Å². The zero-order chi connectivity index (χ0) is 15.6. The minimum atomic E-state index is -3.64. The smallest absolute Gasteiger partial charge is 0.180 e. The van der Waals surface area contributed by atoms with Crippen molar-refractivity contribution in [1.29, 1.82) is 5.26 Å². The summed E-state index contributed by atoms with van der Waals surface area (Å²) in [6, 6.07) is 7.55. The van der Waals surface area contributed by atoms with Gasteiger partial charge in [-0.1, -0.05) is 37.3 Å². The molecule has 0 fully saturated rings. The molecule has 1 aromatic carbocycles. The number of sulfone groups is 1. The number of nitriles is 1. The molecule has 0 atom stereocenters. The summed E-state index contributed by atoms with van der Waals surface area (Å²) in [7, 11) is -3.64. The molecular weight excluding hydrogens is 311 g/mol. The lowest BCUT2D eigenvalue weighted by Crippen LogP contribution is -2.08. The van der Waals surface area contributed by atoms with Gasteiger partial charge in [0.25, 0.3) is 0 Å². The molecule has 7 heteroatoms. The lowest BCUT2D eigenvalue weighted by Gasteiger charge is -2.12. The molecule has 4 nitrogen and oxygen atoms in total. The van der Waals surface area contributed by atoms with Crippen molar-refractivity contribution in [3.63, 3.8) is 0 Å². The Labute approximate surface area is 126 Å². The van der Waals surface area contributed by atoms with Crippen molar-refractivity contribution in [3.05, 3.63) is 46.5 Å². The van der Waals surface area contributed by atoms with E-state index in [0.29, 0.717) is 0 Å². The van der Waals surface area contributed by atoms with Crippen LogP contribution in [0.15, 0.2) is 35.4 Å². The third-order valence-electron chi connectivity index (χ3n) is 3.03. The third kappa shape index (κ3) is 2.73. The predicted molar refractivity (Wildman–Crippen MR) is 79.5 cm³/mol. The Kier molecular flexibility index (Phi) is 4.21. The van der Waals surface area contributed by atoms with Crippen LogP contribution in [0.5, 0.6) is 0 Å². The molecule has 0 saturated heterocycles. The first-order valence-electron chi connectivity index (χ1n) is 6.05. The molecule has 2 aromatic rings. The van der Waals surface area contributed by atoms with Crippen LogP contribution < -0.4 is 0 Å². The van der Waals surface area contributed by atoms with E-state index in [4.69, 9.17) is 12.2 Å². The number of hydrogen-bond acceptors (Lipinski definition) is 4. The number of H-pyrrole nitrogens is 1. The normalized spacial score (nSPS) is 11.1. The molecular formula is C14H11FN2O2S2. The number of benzene rings is 1. The van der Waals surface area contributed by atoms with Gasteiger partial charge in [-0.25, -0.2) is 12.8 Å². The van der Waals surface area contributed by atoms with Crippen LogP contribution in [0, 0.1) is 21.8 Å². The van der Waals surface area contributed by atoms with Crippen LogP contribution in [-0.2, 0) is 9.84 Å². The molecule has 0 saturated carbocycles. The van der Waals surface area contributed by atoms with Crippen molar-refractivity contribution in [2.24, 2.45) is 0 Å². The molecule has 0 spiro atoms. The predicted octanol–water partition coefficient (Wildman–Crippen LogP) is 3.22. The van der Waals surface area contributed by atoms with E-state index >= 15 is 0 Å². The molecule has 0 radical (unpaired) electrons. The molecule has 1 aromatic heterocycles. The number of pyridine rings is 1. The summed E-state index contributed by atoms with van der Waals surface area (Å²) in [6.45, 7) is 1.48. The minimum absolute atomic E-state index is 0.0150. The Morgan fingerprint density at radius 3 is 2.62 bits per heavy atom. The van der Waals surface area contributed by atoms with Crippen molar-refractivity contribution >= 4 is 22.1 Å².